The van der Waals surface area contributed by atoms with Crippen molar-refractivity contribution in [3.8, 4) is 0 Å². The maximum absolute atomic E-state index is 10.3. The van der Waals surface area contributed by atoms with Crippen LogP contribution < -0.4 is 0 Å². The Bertz CT molecular complexity index is 494. The normalized spacial score (nSPS) is 38.8. The third-order valence-electron chi connectivity index (χ3n) is 5.09. The summed E-state index contributed by atoms with van der Waals surface area (Å²) >= 11 is 17.5. The van der Waals surface area contributed by atoms with Gasteiger partial charge in [0.05, 0.1) is 11.5 Å². The van der Waals surface area contributed by atoms with Gasteiger partial charge in [0, 0.05) is 6.20 Å². The largest absolute Gasteiger partial charge is 0.392 e. The van der Waals surface area contributed by atoms with E-state index in [9.17, 15) is 5.11 Å². The minimum Gasteiger partial charge on any atom is -0.392 e. The van der Waals surface area contributed by atoms with E-state index in [0.717, 1.165) is 12.8 Å². The number of rotatable bonds is 2. The van der Waals surface area contributed by atoms with E-state index in [1.807, 2.05) is 6.08 Å². The second-order valence-corrected chi connectivity index (χ2v) is 8.38. The maximum atomic E-state index is 10.3. The van der Waals surface area contributed by atoms with Crippen molar-refractivity contribution in [2.45, 2.75) is 51.5 Å². The lowest BCUT2D eigenvalue weighted by Gasteiger charge is -2.55. The average molecular weight is 351 g/mol. The fraction of sp³-hybridized carbons (Fsp3) is 0.688. The molecule has 2 rings (SSSR count). The molecule has 1 saturated carbocycles. The van der Waals surface area contributed by atoms with E-state index in [1.54, 1.807) is 6.20 Å². The monoisotopic (exact) mass is 349 g/mol. The first kappa shape index (κ1) is 17.3. The highest BCUT2D eigenvalue weighted by molar-refractivity contribution is 6.95. The van der Waals surface area contributed by atoms with Crippen LogP contribution in [0.2, 0.25) is 0 Å². The van der Waals surface area contributed by atoms with Crippen molar-refractivity contribution in [3.63, 3.8) is 0 Å². The maximum Gasteiger partial charge on any atom is 0.196 e. The lowest BCUT2D eigenvalue weighted by molar-refractivity contribution is -0.0477. The SMILES string of the molecule is CC1(C)C2CCC(/C=C/N=C(Cl)Cl)=C[C@@]2(C)C[C@H](O)[C@@H]1Cl. The Morgan fingerprint density at radius 3 is 2.67 bits per heavy atom. The number of aliphatic hydroxyl groups excluding tert-OH is 1. The molecule has 1 unspecified atom stereocenters. The highest BCUT2D eigenvalue weighted by atomic mass is 35.5. The fourth-order valence-electron chi connectivity index (χ4n) is 4.22. The molecule has 0 amide bonds. The van der Waals surface area contributed by atoms with E-state index < -0.39 is 6.10 Å². The number of alkyl halides is 1. The van der Waals surface area contributed by atoms with Gasteiger partial charge in [-0.1, -0.05) is 26.8 Å². The molecule has 0 radical (unpaired) electrons. The molecule has 0 saturated heterocycles. The number of allylic oxidation sites excluding steroid dienone is 3. The molecule has 4 atom stereocenters. The van der Waals surface area contributed by atoms with E-state index in [1.165, 1.54) is 5.57 Å². The second-order valence-electron chi connectivity index (χ2n) is 7.00. The summed E-state index contributed by atoms with van der Waals surface area (Å²) in [6.07, 6.45) is 8.11. The number of aliphatic hydroxyl groups is 1. The van der Waals surface area contributed by atoms with Gasteiger partial charge in [0.1, 0.15) is 0 Å². The van der Waals surface area contributed by atoms with Crippen molar-refractivity contribution < 1.29 is 5.11 Å². The van der Waals surface area contributed by atoms with Crippen molar-refractivity contribution in [1.29, 1.82) is 0 Å². The summed E-state index contributed by atoms with van der Waals surface area (Å²) < 4.78 is 0.00551. The summed E-state index contributed by atoms with van der Waals surface area (Å²) in [4.78, 5) is 3.86. The highest BCUT2D eigenvalue weighted by Gasteiger charge is 2.54. The molecule has 1 fully saturated rings. The summed E-state index contributed by atoms with van der Waals surface area (Å²) in [6, 6.07) is 0. The molecular weight excluding hydrogens is 329 g/mol. The first-order valence-electron chi connectivity index (χ1n) is 7.26. The summed E-state index contributed by atoms with van der Waals surface area (Å²) in [5.41, 5.74) is 1.08. The minimum atomic E-state index is -0.474. The molecule has 0 aromatic rings. The zero-order valence-electron chi connectivity index (χ0n) is 12.6. The van der Waals surface area contributed by atoms with E-state index in [0.29, 0.717) is 12.3 Å². The standard InChI is InChI=1S/C16H22Cl3NO/c1-15(2)12-5-4-10(6-7-20-14(18)19)8-16(12,3)9-11(21)13(15)17/h6-8,11-13,21H,4-5,9H2,1-3H3/b7-6+/t11-,12?,13-,16-/m0/s1. The number of fused-ring (bicyclic) bond motifs is 1. The lowest BCUT2D eigenvalue weighted by atomic mass is 9.52. The molecule has 1 N–H and O–H groups in total. The molecule has 0 bridgehead atoms. The molecule has 2 aliphatic carbocycles. The van der Waals surface area contributed by atoms with Gasteiger partial charge in [-0.25, -0.2) is 4.99 Å². The Kier molecular flexibility index (Phi) is 5.15. The quantitative estimate of drug-likeness (QED) is 0.547. The van der Waals surface area contributed by atoms with E-state index in [-0.39, 0.29) is 20.8 Å². The first-order valence-corrected chi connectivity index (χ1v) is 8.45. The predicted octanol–water partition coefficient (Wildman–Crippen LogP) is 5.07. The molecule has 5 heteroatoms. The van der Waals surface area contributed by atoms with Gasteiger partial charge in [0.15, 0.2) is 4.63 Å². The molecule has 0 heterocycles. The third kappa shape index (κ3) is 3.50. The van der Waals surface area contributed by atoms with Gasteiger partial charge in [0.2, 0.25) is 0 Å². The van der Waals surface area contributed by atoms with Crippen LogP contribution in [-0.2, 0) is 0 Å². The zero-order chi connectivity index (χ0) is 15.8. The lowest BCUT2D eigenvalue weighted by Crippen LogP contribution is -2.54. The van der Waals surface area contributed by atoms with Crippen LogP contribution >= 0.6 is 34.8 Å². The summed E-state index contributed by atoms with van der Waals surface area (Å²) in [7, 11) is 0. The van der Waals surface area contributed by atoms with Crippen LogP contribution in [0.1, 0.15) is 40.0 Å². The second kappa shape index (κ2) is 6.23. The topological polar surface area (TPSA) is 32.6 Å². The number of nitrogens with zero attached hydrogens (tertiary/aromatic N) is 1. The zero-order valence-corrected chi connectivity index (χ0v) is 14.9. The van der Waals surface area contributed by atoms with Gasteiger partial charge < -0.3 is 5.11 Å². The average Bonchev–Trinajstić information content (AvgIpc) is 2.35. The van der Waals surface area contributed by atoms with Gasteiger partial charge in [-0.05, 0) is 70.9 Å². The molecule has 2 aliphatic rings. The van der Waals surface area contributed by atoms with Crippen molar-refractivity contribution in [3.05, 3.63) is 23.9 Å². The van der Waals surface area contributed by atoms with Crippen LogP contribution in [0.5, 0.6) is 0 Å². The summed E-state index contributed by atoms with van der Waals surface area (Å²) in [6.45, 7) is 6.56. The number of hydrogen-bond acceptors (Lipinski definition) is 2. The van der Waals surface area contributed by atoms with Crippen molar-refractivity contribution in [2.24, 2.45) is 21.7 Å². The summed E-state index contributed by atoms with van der Waals surface area (Å²) in [5.74, 6) is 0.466. The molecular formula is C16H22Cl3NO. The van der Waals surface area contributed by atoms with Crippen LogP contribution in [0.25, 0.3) is 0 Å². The third-order valence-corrected chi connectivity index (χ3v) is 6.14. The first-order chi connectivity index (χ1) is 9.67. The Hall–Kier alpha value is -0.0200. The van der Waals surface area contributed by atoms with Crippen LogP contribution in [0.15, 0.2) is 28.9 Å². The summed E-state index contributed by atoms with van der Waals surface area (Å²) in [5, 5.41) is 10.1. The molecule has 0 aromatic carbocycles. The van der Waals surface area contributed by atoms with Gasteiger partial charge in [-0.15, -0.1) is 11.6 Å². The molecule has 2 nitrogen and oxygen atoms in total. The molecule has 0 aromatic heterocycles. The van der Waals surface area contributed by atoms with E-state index >= 15 is 0 Å². The predicted molar refractivity (Wildman–Crippen MR) is 91.2 cm³/mol. The molecule has 118 valence electrons. The Morgan fingerprint density at radius 2 is 2.05 bits per heavy atom. The van der Waals surface area contributed by atoms with E-state index in [2.05, 4.69) is 31.8 Å². The van der Waals surface area contributed by atoms with Crippen LogP contribution in [0.3, 0.4) is 0 Å². The highest BCUT2D eigenvalue weighted by Crippen LogP contribution is 2.57. The van der Waals surface area contributed by atoms with Gasteiger partial charge in [-0.3, -0.25) is 0 Å². The smallest absolute Gasteiger partial charge is 0.196 e. The van der Waals surface area contributed by atoms with Crippen LogP contribution in [0.4, 0.5) is 0 Å². The van der Waals surface area contributed by atoms with Crippen molar-refractivity contribution >= 4 is 39.4 Å². The van der Waals surface area contributed by atoms with Crippen molar-refractivity contribution in [1.82, 2.24) is 0 Å². The molecule has 0 spiro atoms. The van der Waals surface area contributed by atoms with Gasteiger partial charge in [-0.2, -0.15) is 0 Å². The van der Waals surface area contributed by atoms with Gasteiger partial charge in [0.25, 0.3) is 0 Å². The van der Waals surface area contributed by atoms with Gasteiger partial charge >= 0.3 is 0 Å². The molecule has 0 aliphatic heterocycles. The number of halogens is 3. The molecule has 21 heavy (non-hydrogen) atoms. The Morgan fingerprint density at radius 1 is 1.38 bits per heavy atom. The van der Waals surface area contributed by atoms with Crippen LogP contribution in [0, 0.1) is 16.7 Å². The Labute approximate surface area is 141 Å². The van der Waals surface area contributed by atoms with E-state index in [4.69, 9.17) is 34.8 Å². The number of hydrogen-bond donors (Lipinski definition) is 1. The van der Waals surface area contributed by atoms with Crippen LogP contribution in [-0.4, -0.2) is 21.2 Å². The minimum absolute atomic E-state index is 0.00551. The Balaban J connectivity index is 2.28. The number of aliphatic imine (C=N–C) groups is 1. The fourth-order valence-corrected chi connectivity index (χ4v) is 4.58. The van der Waals surface area contributed by atoms with Crippen molar-refractivity contribution in [2.75, 3.05) is 0 Å².